The second-order valence-corrected chi connectivity index (χ2v) is 7.61. The van der Waals surface area contributed by atoms with Crippen molar-refractivity contribution in [1.82, 2.24) is 15.3 Å². The van der Waals surface area contributed by atoms with E-state index in [1.165, 1.54) is 33.9 Å². The topological polar surface area (TPSA) is 44.3 Å². The Kier molecular flexibility index (Phi) is 2.03. The highest BCUT2D eigenvalue weighted by atomic mass is 15.3. The van der Waals surface area contributed by atoms with Crippen LogP contribution >= 0.6 is 0 Å². The number of aromatic nitrogens is 2. The third-order valence-corrected chi connectivity index (χ3v) is 6.61. The lowest BCUT2D eigenvalue weighted by Crippen LogP contribution is -2.37. The molecule has 7 rings (SSSR count). The number of pyridine rings is 2. The summed E-state index contributed by atoms with van der Waals surface area (Å²) >= 11 is 0. The number of fused-ring (bicyclic) bond motifs is 9. The van der Waals surface area contributed by atoms with E-state index in [1.54, 1.807) is 5.57 Å². The van der Waals surface area contributed by atoms with Gasteiger partial charge >= 0.3 is 0 Å². The number of dihydropyridines is 1. The molecule has 0 saturated carbocycles. The number of rotatable bonds is 0. The van der Waals surface area contributed by atoms with Crippen molar-refractivity contribution < 1.29 is 0 Å². The predicted octanol–water partition coefficient (Wildman–Crippen LogP) is 2.60. The zero-order valence-corrected chi connectivity index (χ0v) is 13.7. The standard InChI is InChI=1S/C20H17N5/c1-3-21-7-11-5-15-19-16-6-12-8-22-4-2-14(12)25(16)18-10-23-9-17(20(18)19)24(15)13(1)11/h1-4,7,9-10,15-16,19,22H,5-6,8H2. The Hall–Kier alpha value is -2.82. The molecule has 0 saturated heterocycles. The molecule has 5 aliphatic rings. The zero-order chi connectivity index (χ0) is 16.1. The average molecular weight is 327 g/mol. The van der Waals surface area contributed by atoms with E-state index < -0.39 is 0 Å². The van der Waals surface area contributed by atoms with Gasteiger partial charge in [-0.3, -0.25) is 9.97 Å². The van der Waals surface area contributed by atoms with E-state index in [0.29, 0.717) is 18.0 Å². The van der Waals surface area contributed by atoms with Gasteiger partial charge in [0.15, 0.2) is 0 Å². The molecule has 2 aromatic rings. The molecule has 25 heavy (non-hydrogen) atoms. The van der Waals surface area contributed by atoms with Crippen LogP contribution in [0.1, 0.15) is 23.5 Å². The van der Waals surface area contributed by atoms with Crippen LogP contribution in [-0.4, -0.2) is 28.6 Å². The molecule has 5 aliphatic heterocycles. The van der Waals surface area contributed by atoms with Gasteiger partial charge in [-0.1, -0.05) is 0 Å². The molecule has 3 atom stereocenters. The lowest BCUT2D eigenvalue weighted by Gasteiger charge is -2.30. The maximum absolute atomic E-state index is 4.62. The molecule has 1 N–H and O–H groups in total. The molecule has 2 aromatic heterocycles. The van der Waals surface area contributed by atoms with Crippen LogP contribution in [0.5, 0.6) is 0 Å². The summed E-state index contributed by atoms with van der Waals surface area (Å²) in [4.78, 5) is 14.1. The van der Waals surface area contributed by atoms with E-state index in [-0.39, 0.29) is 0 Å². The summed E-state index contributed by atoms with van der Waals surface area (Å²) in [5.41, 5.74) is 9.80. The molecule has 0 radical (unpaired) electrons. The van der Waals surface area contributed by atoms with Gasteiger partial charge in [0.1, 0.15) is 0 Å². The molecular weight excluding hydrogens is 310 g/mol. The van der Waals surface area contributed by atoms with Crippen LogP contribution < -0.4 is 15.1 Å². The van der Waals surface area contributed by atoms with Crippen LogP contribution in [0.15, 0.2) is 54.4 Å². The molecule has 0 fully saturated rings. The maximum atomic E-state index is 4.62. The quantitative estimate of drug-likeness (QED) is 0.806. The Morgan fingerprint density at radius 1 is 0.960 bits per heavy atom. The third-order valence-electron chi connectivity index (χ3n) is 6.61. The molecule has 122 valence electrons. The molecule has 0 spiro atoms. The molecule has 0 aromatic carbocycles. The summed E-state index contributed by atoms with van der Waals surface area (Å²) < 4.78 is 0. The minimum absolute atomic E-state index is 0.505. The number of nitrogens with zero attached hydrogens (tertiary/aromatic N) is 4. The summed E-state index contributed by atoms with van der Waals surface area (Å²) in [6, 6.07) is 3.20. The Bertz CT molecular complexity index is 1010. The van der Waals surface area contributed by atoms with Gasteiger partial charge in [0.25, 0.3) is 0 Å². The number of allylic oxidation sites excluding steroid dienone is 1. The summed E-state index contributed by atoms with van der Waals surface area (Å²) in [6.07, 6.45) is 14.7. The Balaban J connectivity index is 1.45. The van der Waals surface area contributed by atoms with Crippen molar-refractivity contribution in [3.8, 4) is 0 Å². The third kappa shape index (κ3) is 1.31. The van der Waals surface area contributed by atoms with Crippen LogP contribution in [0.4, 0.5) is 17.1 Å². The normalized spacial score (nSPS) is 29.4. The predicted molar refractivity (Wildman–Crippen MR) is 95.9 cm³/mol. The van der Waals surface area contributed by atoms with Crippen molar-refractivity contribution in [1.29, 1.82) is 0 Å². The summed E-state index contributed by atoms with van der Waals surface area (Å²) in [7, 11) is 0. The summed E-state index contributed by atoms with van der Waals surface area (Å²) in [5, 5.41) is 3.38. The van der Waals surface area contributed by atoms with Crippen LogP contribution in [0.2, 0.25) is 0 Å². The van der Waals surface area contributed by atoms with Gasteiger partial charge in [-0.25, -0.2) is 0 Å². The fourth-order valence-electron chi connectivity index (χ4n) is 5.79. The van der Waals surface area contributed by atoms with Gasteiger partial charge < -0.3 is 15.1 Å². The molecule has 5 nitrogen and oxygen atoms in total. The van der Waals surface area contributed by atoms with Crippen LogP contribution in [0.25, 0.3) is 0 Å². The molecule has 0 bridgehead atoms. The van der Waals surface area contributed by atoms with Gasteiger partial charge in [0.2, 0.25) is 0 Å². The first-order valence-electron chi connectivity index (χ1n) is 9.03. The first-order valence-corrected chi connectivity index (χ1v) is 9.03. The van der Waals surface area contributed by atoms with Crippen molar-refractivity contribution >= 4 is 17.1 Å². The second-order valence-electron chi connectivity index (χ2n) is 7.61. The van der Waals surface area contributed by atoms with E-state index in [0.717, 1.165) is 19.4 Å². The minimum atomic E-state index is 0.505. The van der Waals surface area contributed by atoms with Crippen molar-refractivity contribution in [3.05, 3.63) is 65.5 Å². The highest BCUT2D eigenvalue weighted by molar-refractivity contribution is 5.86. The monoisotopic (exact) mass is 327 g/mol. The lowest BCUT2D eigenvalue weighted by molar-refractivity contribution is 0.498. The number of hydrogen-bond donors (Lipinski definition) is 1. The molecular formula is C20H17N5. The van der Waals surface area contributed by atoms with E-state index in [1.807, 2.05) is 12.4 Å². The molecule has 7 heterocycles. The highest BCUT2D eigenvalue weighted by Crippen LogP contribution is 2.62. The van der Waals surface area contributed by atoms with Crippen molar-refractivity contribution in [2.45, 2.75) is 30.8 Å². The maximum Gasteiger partial charge on any atom is 0.0658 e. The summed E-state index contributed by atoms with van der Waals surface area (Å²) in [5.74, 6) is 0.555. The molecule has 3 unspecified atom stereocenters. The minimum Gasteiger partial charge on any atom is -0.387 e. The Labute approximate surface area is 145 Å². The van der Waals surface area contributed by atoms with E-state index >= 15 is 0 Å². The Morgan fingerprint density at radius 3 is 2.80 bits per heavy atom. The van der Waals surface area contributed by atoms with Crippen molar-refractivity contribution in [3.63, 3.8) is 0 Å². The van der Waals surface area contributed by atoms with Gasteiger partial charge in [-0.15, -0.1) is 0 Å². The van der Waals surface area contributed by atoms with Gasteiger partial charge in [0.05, 0.1) is 23.8 Å². The van der Waals surface area contributed by atoms with Gasteiger partial charge in [0, 0.05) is 53.9 Å². The number of hydrogen-bond acceptors (Lipinski definition) is 5. The first kappa shape index (κ1) is 12.5. The second kappa shape index (κ2) is 4.04. The SMILES string of the molecule is C1=CC2=C(CN1)CC1C3c4c(cncc4N4c5ccncc5CC34)N21. The summed E-state index contributed by atoms with van der Waals surface area (Å²) in [6.45, 7) is 0.979. The smallest absolute Gasteiger partial charge is 0.0658 e. The van der Waals surface area contributed by atoms with E-state index in [2.05, 4.69) is 55.8 Å². The fraction of sp³-hybridized carbons (Fsp3) is 0.300. The van der Waals surface area contributed by atoms with Crippen molar-refractivity contribution in [2.75, 3.05) is 16.3 Å². The number of nitrogens with one attached hydrogen (secondary N) is 1. The van der Waals surface area contributed by atoms with Crippen LogP contribution in [0, 0.1) is 0 Å². The molecule has 5 heteroatoms. The van der Waals surface area contributed by atoms with Crippen molar-refractivity contribution in [2.24, 2.45) is 0 Å². The molecule has 0 aliphatic carbocycles. The lowest BCUT2D eigenvalue weighted by atomic mass is 9.86. The average Bonchev–Trinajstić information content (AvgIpc) is 3.35. The van der Waals surface area contributed by atoms with Crippen LogP contribution in [-0.2, 0) is 6.42 Å². The zero-order valence-electron chi connectivity index (χ0n) is 13.7. The Morgan fingerprint density at radius 2 is 1.84 bits per heavy atom. The van der Waals surface area contributed by atoms with Crippen LogP contribution in [0.3, 0.4) is 0 Å². The largest absolute Gasteiger partial charge is 0.387 e. The highest BCUT2D eigenvalue weighted by Gasteiger charge is 2.56. The first-order chi connectivity index (χ1) is 12.4. The fourth-order valence-corrected chi connectivity index (χ4v) is 5.79. The van der Waals surface area contributed by atoms with E-state index in [9.17, 15) is 0 Å². The van der Waals surface area contributed by atoms with E-state index in [4.69, 9.17) is 0 Å². The number of anilines is 3. The molecule has 0 amide bonds. The van der Waals surface area contributed by atoms with Gasteiger partial charge in [-0.2, -0.15) is 0 Å². The van der Waals surface area contributed by atoms with Gasteiger partial charge in [-0.05, 0) is 42.3 Å².